The van der Waals surface area contributed by atoms with E-state index in [0.717, 1.165) is 34.5 Å². The second kappa shape index (κ2) is 7.82. The smallest absolute Gasteiger partial charge is 0.145 e. The van der Waals surface area contributed by atoms with Crippen molar-refractivity contribution in [1.82, 2.24) is 9.55 Å². The molecule has 6 aromatic rings. The molecule has 0 bridgehead atoms. The molecule has 0 aliphatic heterocycles. The van der Waals surface area contributed by atoms with E-state index in [0.29, 0.717) is 0 Å². The number of imidazole rings is 1. The summed E-state index contributed by atoms with van der Waals surface area (Å²) in [5, 5.41) is 0. The van der Waals surface area contributed by atoms with Crippen LogP contribution >= 0.6 is 0 Å². The zero-order valence-corrected chi connectivity index (χ0v) is 19.6. The first-order valence-corrected chi connectivity index (χ1v) is 12.1. The van der Waals surface area contributed by atoms with E-state index >= 15 is 0 Å². The highest BCUT2D eigenvalue weighted by atomic mass is 15.1. The summed E-state index contributed by atoms with van der Waals surface area (Å²) in [4.78, 5) is 5.07. The van der Waals surface area contributed by atoms with E-state index in [9.17, 15) is 0 Å². The number of fused-ring (bicyclic) bond motifs is 4. The topological polar surface area (TPSA) is 17.8 Å². The van der Waals surface area contributed by atoms with Crippen LogP contribution in [-0.2, 0) is 6.42 Å². The molecule has 0 spiro atoms. The molecule has 7 rings (SSSR count). The van der Waals surface area contributed by atoms with Gasteiger partial charge < -0.3 is 0 Å². The molecule has 0 saturated heterocycles. The van der Waals surface area contributed by atoms with Crippen LogP contribution in [0.15, 0.2) is 115 Å². The summed E-state index contributed by atoms with van der Waals surface area (Å²) >= 11 is 0. The number of para-hydroxylation sites is 1. The lowest BCUT2D eigenvalue weighted by atomic mass is 9.95. The van der Waals surface area contributed by atoms with Gasteiger partial charge in [0.2, 0.25) is 0 Å². The quantitative estimate of drug-likeness (QED) is 0.266. The van der Waals surface area contributed by atoms with Crippen molar-refractivity contribution in [2.24, 2.45) is 0 Å². The van der Waals surface area contributed by atoms with Crippen LogP contribution < -0.4 is 0 Å². The van der Waals surface area contributed by atoms with Crippen molar-refractivity contribution in [3.8, 4) is 39.3 Å². The molecule has 1 aliphatic carbocycles. The SMILES string of the molecule is Cc1ccc2c(c1)-c1cccc(-c3ccc4nc(-c5ccccc5)n(-c5ccccc5)c4c3)c1C2. The monoisotopic (exact) mass is 448 g/mol. The Morgan fingerprint density at radius 1 is 0.629 bits per heavy atom. The van der Waals surface area contributed by atoms with Crippen LogP contribution in [0, 0.1) is 6.92 Å². The van der Waals surface area contributed by atoms with E-state index in [1.165, 1.54) is 38.9 Å². The first-order chi connectivity index (χ1) is 17.3. The number of aryl methyl sites for hydroxylation is 1. The molecule has 35 heavy (non-hydrogen) atoms. The largest absolute Gasteiger partial charge is 0.292 e. The molecule has 0 unspecified atom stereocenters. The van der Waals surface area contributed by atoms with Crippen molar-refractivity contribution in [3.63, 3.8) is 0 Å². The van der Waals surface area contributed by atoms with Crippen LogP contribution in [0.25, 0.3) is 50.4 Å². The zero-order valence-electron chi connectivity index (χ0n) is 19.6. The van der Waals surface area contributed by atoms with Gasteiger partial charge in [0.15, 0.2) is 0 Å². The second-order valence-corrected chi connectivity index (χ2v) is 9.34. The maximum absolute atomic E-state index is 5.07. The average Bonchev–Trinajstić information content (AvgIpc) is 3.47. The Labute approximate surface area is 205 Å². The summed E-state index contributed by atoms with van der Waals surface area (Å²) in [5.41, 5.74) is 13.8. The molecule has 5 aromatic carbocycles. The molecule has 0 N–H and O–H groups in total. The maximum Gasteiger partial charge on any atom is 0.145 e. The van der Waals surface area contributed by atoms with Gasteiger partial charge in [-0.3, -0.25) is 4.57 Å². The predicted molar refractivity (Wildman–Crippen MR) is 145 cm³/mol. The number of aromatic nitrogens is 2. The van der Waals surface area contributed by atoms with E-state index in [-0.39, 0.29) is 0 Å². The third kappa shape index (κ3) is 3.22. The minimum Gasteiger partial charge on any atom is -0.292 e. The molecule has 2 heteroatoms. The number of nitrogens with zero attached hydrogens (tertiary/aromatic N) is 2. The summed E-state index contributed by atoms with van der Waals surface area (Å²) in [6.45, 7) is 2.17. The van der Waals surface area contributed by atoms with Crippen molar-refractivity contribution in [2.45, 2.75) is 13.3 Å². The highest BCUT2D eigenvalue weighted by molar-refractivity contribution is 5.91. The Morgan fingerprint density at radius 3 is 2.23 bits per heavy atom. The van der Waals surface area contributed by atoms with E-state index < -0.39 is 0 Å². The van der Waals surface area contributed by atoms with Gasteiger partial charge in [0, 0.05) is 11.3 Å². The fraction of sp³-hybridized carbons (Fsp3) is 0.0606. The van der Waals surface area contributed by atoms with Crippen molar-refractivity contribution < 1.29 is 0 Å². The van der Waals surface area contributed by atoms with Gasteiger partial charge in [0.05, 0.1) is 11.0 Å². The van der Waals surface area contributed by atoms with E-state index in [1.54, 1.807) is 0 Å². The minimum absolute atomic E-state index is 0.963. The van der Waals surface area contributed by atoms with Gasteiger partial charge in [-0.05, 0) is 71.0 Å². The van der Waals surface area contributed by atoms with Gasteiger partial charge in [-0.25, -0.2) is 4.98 Å². The lowest BCUT2D eigenvalue weighted by Gasteiger charge is -2.12. The predicted octanol–water partition coefficient (Wildman–Crippen LogP) is 8.24. The highest BCUT2D eigenvalue weighted by Crippen LogP contribution is 2.42. The molecular weight excluding hydrogens is 424 g/mol. The van der Waals surface area contributed by atoms with Crippen molar-refractivity contribution >= 4 is 11.0 Å². The second-order valence-electron chi connectivity index (χ2n) is 9.34. The van der Waals surface area contributed by atoms with Gasteiger partial charge in [-0.15, -0.1) is 0 Å². The molecule has 1 aliphatic rings. The minimum atomic E-state index is 0.963. The number of hydrogen-bond donors (Lipinski definition) is 0. The third-order valence-corrected chi connectivity index (χ3v) is 7.11. The van der Waals surface area contributed by atoms with E-state index in [1.807, 2.05) is 6.07 Å². The molecule has 0 fully saturated rings. The van der Waals surface area contributed by atoms with Gasteiger partial charge >= 0.3 is 0 Å². The fourth-order valence-corrected chi connectivity index (χ4v) is 5.45. The van der Waals surface area contributed by atoms with Gasteiger partial charge in [0.1, 0.15) is 5.82 Å². The highest BCUT2D eigenvalue weighted by Gasteiger charge is 2.22. The Kier molecular flexibility index (Phi) is 4.46. The molecule has 0 saturated carbocycles. The summed E-state index contributed by atoms with van der Waals surface area (Å²) < 4.78 is 2.29. The van der Waals surface area contributed by atoms with Crippen molar-refractivity contribution in [2.75, 3.05) is 0 Å². The van der Waals surface area contributed by atoms with Gasteiger partial charge in [-0.2, -0.15) is 0 Å². The van der Waals surface area contributed by atoms with Crippen LogP contribution in [0.3, 0.4) is 0 Å². The first-order valence-electron chi connectivity index (χ1n) is 12.1. The standard InChI is InChI=1S/C33H24N2/c1-22-15-16-24-20-30-27(13-8-14-28(30)29(24)19-22)25-17-18-31-32(21-25)35(26-11-6-3-7-12-26)33(34-31)23-9-4-2-5-10-23/h2-19,21H,20H2,1H3. The third-order valence-electron chi connectivity index (χ3n) is 7.11. The molecular formula is C33H24N2. The van der Waals surface area contributed by atoms with E-state index in [4.69, 9.17) is 4.98 Å². The molecule has 0 radical (unpaired) electrons. The number of hydrogen-bond acceptors (Lipinski definition) is 1. The average molecular weight is 449 g/mol. The Bertz CT molecular complexity index is 1710. The van der Waals surface area contributed by atoms with Crippen LogP contribution in [0.2, 0.25) is 0 Å². The summed E-state index contributed by atoms with van der Waals surface area (Å²) in [6, 6.07) is 41.3. The molecule has 1 aromatic heterocycles. The lowest BCUT2D eigenvalue weighted by molar-refractivity contribution is 1.10. The van der Waals surface area contributed by atoms with Crippen LogP contribution in [0.1, 0.15) is 16.7 Å². The van der Waals surface area contributed by atoms with Gasteiger partial charge in [0.25, 0.3) is 0 Å². The summed E-state index contributed by atoms with van der Waals surface area (Å²) in [5.74, 6) is 0.963. The van der Waals surface area contributed by atoms with E-state index in [2.05, 4.69) is 121 Å². The Morgan fingerprint density at radius 2 is 1.40 bits per heavy atom. The number of benzene rings is 5. The normalized spacial score (nSPS) is 12.0. The van der Waals surface area contributed by atoms with Crippen LogP contribution in [0.5, 0.6) is 0 Å². The van der Waals surface area contributed by atoms with Crippen molar-refractivity contribution in [1.29, 1.82) is 0 Å². The number of rotatable bonds is 3. The first kappa shape index (κ1) is 20.0. The zero-order chi connectivity index (χ0) is 23.4. The molecule has 2 nitrogen and oxygen atoms in total. The van der Waals surface area contributed by atoms with Gasteiger partial charge in [-0.1, -0.05) is 96.6 Å². The Balaban J connectivity index is 1.45. The van der Waals surface area contributed by atoms with Crippen LogP contribution in [0.4, 0.5) is 0 Å². The fourth-order valence-electron chi connectivity index (χ4n) is 5.45. The molecule has 166 valence electrons. The lowest BCUT2D eigenvalue weighted by Crippen LogP contribution is -1.97. The molecule has 0 atom stereocenters. The Hall–Kier alpha value is -4.43. The van der Waals surface area contributed by atoms with Crippen molar-refractivity contribution in [3.05, 3.63) is 132 Å². The molecule has 1 heterocycles. The van der Waals surface area contributed by atoms with Crippen LogP contribution in [-0.4, -0.2) is 9.55 Å². The maximum atomic E-state index is 5.07. The summed E-state index contributed by atoms with van der Waals surface area (Å²) in [7, 11) is 0. The summed E-state index contributed by atoms with van der Waals surface area (Å²) in [6.07, 6.45) is 0.979. The molecule has 0 amide bonds.